The van der Waals surface area contributed by atoms with Crippen molar-refractivity contribution in [3.8, 4) is 0 Å². The van der Waals surface area contributed by atoms with Crippen molar-refractivity contribution >= 4 is 11.6 Å². The Morgan fingerprint density at radius 2 is 2.17 bits per heavy atom. The van der Waals surface area contributed by atoms with Crippen LogP contribution in [-0.4, -0.2) is 43.7 Å². The molecule has 4 nitrogen and oxygen atoms in total. The predicted octanol–water partition coefficient (Wildman–Crippen LogP) is 1.40. The third-order valence-corrected chi connectivity index (χ3v) is 2.98. The smallest absolute Gasteiger partial charge is 0.242 e. The van der Waals surface area contributed by atoms with E-state index in [0.717, 1.165) is 0 Å². The number of amides is 1. The summed E-state index contributed by atoms with van der Waals surface area (Å²) in [4.78, 5) is 13.6. The second kappa shape index (κ2) is 5.82. The van der Waals surface area contributed by atoms with Crippen molar-refractivity contribution in [2.45, 2.75) is 6.92 Å². The number of rotatable bonds is 3. The maximum absolute atomic E-state index is 13.3. The molecule has 0 bridgehead atoms. The number of nitrogens with zero attached hydrogens (tertiary/aromatic N) is 1. The normalized spacial score (nSPS) is 15.6. The minimum Gasteiger partial charge on any atom is -0.378 e. The zero-order chi connectivity index (χ0) is 13.0. The largest absolute Gasteiger partial charge is 0.378 e. The van der Waals surface area contributed by atoms with Gasteiger partial charge in [0, 0.05) is 18.8 Å². The Morgan fingerprint density at radius 1 is 1.44 bits per heavy atom. The van der Waals surface area contributed by atoms with Crippen molar-refractivity contribution in [1.29, 1.82) is 0 Å². The Morgan fingerprint density at radius 3 is 2.83 bits per heavy atom. The first-order valence-corrected chi connectivity index (χ1v) is 6.02. The van der Waals surface area contributed by atoms with E-state index >= 15 is 0 Å². The summed E-state index contributed by atoms with van der Waals surface area (Å²) in [6.07, 6.45) is 0. The first kappa shape index (κ1) is 12.8. The molecule has 1 aromatic carbocycles. The molecule has 1 saturated heterocycles. The van der Waals surface area contributed by atoms with Crippen LogP contribution in [0.25, 0.3) is 0 Å². The summed E-state index contributed by atoms with van der Waals surface area (Å²) in [5, 5.41) is 2.94. The number of hydrogen-bond donors (Lipinski definition) is 1. The van der Waals surface area contributed by atoms with Crippen molar-refractivity contribution in [1.82, 2.24) is 4.90 Å². The van der Waals surface area contributed by atoms with Crippen LogP contribution in [0.5, 0.6) is 0 Å². The molecule has 0 spiro atoms. The van der Waals surface area contributed by atoms with Gasteiger partial charge in [-0.15, -0.1) is 0 Å². The molecule has 1 aliphatic rings. The molecule has 1 N–H and O–H groups in total. The summed E-state index contributed by atoms with van der Waals surface area (Å²) in [5.74, 6) is -0.252. The molecule has 0 aliphatic carbocycles. The first-order chi connectivity index (χ1) is 8.66. The molecule has 0 atom stereocenters. The average Bonchev–Trinajstić information content (AvgIpc) is 2.41. The molecule has 18 heavy (non-hydrogen) atoms. The number of carbonyl (C=O) groups excluding carboxylic acids is 1. The summed E-state index contributed by atoms with van der Waals surface area (Å²) >= 11 is 0. The molecule has 0 saturated carbocycles. The zero-order valence-corrected chi connectivity index (χ0v) is 10.4. The van der Waals surface area contributed by atoms with Gasteiger partial charge in [0.05, 0.1) is 19.8 Å². The lowest BCUT2D eigenvalue weighted by Crippen LogP contribution is -2.43. The summed E-state index contributed by atoms with van der Waals surface area (Å²) in [7, 11) is 0. The van der Waals surface area contributed by atoms with E-state index in [2.05, 4.69) is 5.32 Å². The molecular formula is C13H17FN2O2. The SMILES string of the molecule is Cc1ccc(NCC(=O)N2CCOCC2)cc1F. The van der Waals surface area contributed by atoms with Gasteiger partial charge in [0.25, 0.3) is 0 Å². The quantitative estimate of drug-likeness (QED) is 0.884. The predicted molar refractivity (Wildman–Crippen MR) is 67.0 cm³/mol. The van der Waals surface area contributed by atoms with Crippen LogP contribution in [0.2, 0.25) is 0 Å². The molecule has 98 valence electrons. The van der Waals surface area contributed by atoms with Gasteiger partial charge in [-0.1, -0.05) is 6.07 Å². The minimum atomic E-state index is -0.265. The van der Waals surface area contributed by atoms with Crippen LogP contribution >= 0.6 is 0 Å². The average molecular weight is 252 g/mol. The standard InChI is InChI=1S/C13H17FN2O2/c1-10-2-3-11(8-12(10)14)15-9-13(17)16-4-6-18-7-5-16/h2-3,8,15H,4-7,9H2,1H3. The van der Waals surface area contributed by atoms with Crippen LogP contribution in [0.3, 0.4) is 0 Å². The van der Waals surface area contributed by atoms with E-state index in [-0.39, 0.29) is 18.3 Å². The highest BCUT2D eigenvalue weighted by Crippen LogP contribution is 2.13. The summed E-state index contributed by atoms with van der Waals surface area (Å²) in [5.41, 5.74) is 1.22. The van der Waals surface area contributed by atoms with Gasteiger partial charge in [-0.05, 0) is 24.6 Å². The number of anilines is 1. The molecule has 0 radical (unpaired) electrons. The summed E-state index contributed by atoms with van der Waals surface area (Å²) in [6.45, 7) is 4.32. The summed E-state index contributed by atoms with van der Waals surface area (Å²) < 4.78 is 18.5. The van der Waals surface area contributed by atoms with Gasteiger partial charge < -0.3 is 15.0 Å². The number of morpholine rings is 1. The van der Waals surface area contributed by atoms with Crippen molar-refractivity contribution in [3.05, 3.63) is 29.6 Å². The number of halogens is 1. The Labute approximate surface area is 106 Å². The van der Waals surface area contributed by atoms with Crippen molar-refractivity contribution < 1.29 is 13.9 Å². The van der Waals surface area contributed by atoms with E-state index in [0.29, 0.717) is 37.6 Å². The van der Waals surface area contributed by atoms with Gasteiger partial charge in [-0.2, -0.15) is 0 Å². The second-order valence-electron chi connectivity index (χ2n) is 4.31. The van der Waals surface area contributed by atoms with Gasteiger partial charge in [0.2, 0.25) is 5.91 Å². The maximum atomic E-state index is 13.3. The lowest BCUT2D eigenvalue weighted by Gasteiger charge is -2.27. The van der Waals surface area contributed by atoms with E-state index in [9.17, 15) is 9.18 Å². The highest BCUT2D eigenvalue weighted by molar-refractivity contribution is 5.80. The van der Waals surface area contributed by atoms with Gasteiger partial charge >= 0.3 is 0 Å². The van der Waals surface area contributed by atoms with Gasteiger partial charge in [-0.25, -0.2) is 4.39 Å². The lowest BCUT2D eigenvalue weighted by molar-refractivity contribution is -0.133. The van der Waals surface area contributed by atoms with E-state index < -0.39 is 0 Å². The third-order valence-electron chi connectivity index (χ3n) is 2.98. The molecule has 0 aromatic heterocycles. The Hall–Kier alpha value is -1.62. The summed E-state index contributed by atoms with van der Waals surface area (Å²) in [6, 6.07) is 4.86. The van der Waals surface area contributed by atoms with Crippen molar-refractivity contribution in [2.75, 3.05) is 38.2 Å². The van der Waals surface area contributed by atoms with Crippen molar-refractivity contribution in [2.24, 2.45) is 0 Å². The Balaban J connectivity index is 1.86. The molecule has 2 rings (SSSR count). The minimum absolute atomic E-state index is 0.0132. The van der Waals surface area contributed by atoms with Crippen LogP contribution in [0.4, 0.5) is 10.1 Å². The molecule has 1 aromatic rings. The van der Waals surface area contributed by atoms with Gasteiger partial charge in [0.1, 0.15) is 5.82 Å². The van der Waals surface area contributed by atoms with Gasteiger partial charge in [-0.3, -0.25) is 4.79 Å². The van der Waals surface area contributed by atoms with Crippen LogP contribution in [-0.2, 0) is 9.53 Å². The Kier molecular flexibility index (Phi) is 4.15. The highest BCUT2D eigenvalue weighted by atomic mass is 19.1. The Bertz CT molecular complexity index is 431. The number of hydrogen-bond acceptors (Lipinski definition) is 3. The fourth-order valence-corrected chi connectivity index (χ4v) is 1.81. The van der Waals surface area contributed by atoms with Crippen LogP contribution < -0.4 is 5.32 Å². The highest BCUT2D eigenvalue weighted by Gasteiger charge is 2.16. The second-order valence-corrected chi connectivity index (χ2v) is 4.31. The topological polar surface area (TPSA) is 41.6 Å². The number of ether oxygens (including phenoxy) is 1. The molecule has 1 fully saturated rings. The fourth-order valence-electron chi connectivity index (χ4n) is 1.81. The molecule has 1 heterocycles. The molecule has 0 unspecified atom stereocenters. The molecule has 1 amide bonds. The number of carbonyl (C=O) groups is 1. The van der Waals surface area contributed by atoms with E-state index in [1.807, 2.05) is 0 Å². The fraction of sp³-hybridized carbons (Fsp3) is 0.462. The van der Waals surface area contributed by atoms with E-state index in [1.54, 1.807) is 24.0 Å². The van der Waals surface area contributed by atoms with Gasteiger partial charge in [0.15, 0.2) is 0 Å². The van der Waals surface area contributed by atoms with Crippen LogP contribution in [0.1, 0.15) is 5.56 Å². The molecule has 5 heteroatoms. The van der Waals surface area contributed by atoms with Crippen LogP contribution in [0, 0.1) is 12.7 Å². The maximum Gasteiger partial charge on any atom is 0.242 e. The third kappa shape index (κ3) is 3.20. The zero-order valence-electron chi connectivity index (χ0n) is 10.4. The first-order valence-electron chi connectivity index (χ1n) is 6.02. The van der Waals surface area contributed by atoms with Crippen LogP contribution in [0.15, 0.2) is 18.2 Å². The van der Waals surface area contributed by atoms with E-state index in [1.165, 1.54) is 6.07 Å². The number of benzene rings is 1. The molecular weight excluding hydrogens is 235 g/mol. The lowest BCUT2D eigenvalue weighted by atomic mass is 10.2. The van der Waals surface area contributed by atoms with E-state index in [4.69, 9.17) is 4.74 Å². The number of nitrogens with one attached hydrogen (secondary N) is 1. The van der Waals surface area contributed by atoms with Crippen molar-refractivity contribution in [3.63, 3.8) is 0 Å². The number of aryl methyl sites for hydroxylation is 1. The monoisotopic (exact) mass is 252 g/mol. The molecule has 1 aliphatic heterocycles.